The minimum atomic E-state index is -0.823. The van der Waals surface area contributed by atoms with Crippen LogP contribution in [0.2, 0.25) is 5.02 Å². The van der Waals surface area contributed by atoms with E-state index in [0.29, 0.717) is 0 Å². The molecule has 0 atom stereocenters. The number of nitrogens with zero attached hydrogens (tertiary/aromatic N) is 1. The van der Waals surface area contributed by atoms with E-state index >= 15 is 0 Å². The Hall–Kier alpha value is -0.426. The number of ether oxygens (including phenoxy) is 1. The molecule has 23 heavy (non-hydrogen) atoms. The van der Waals surface area contributed by atoms with Gasteiger partial charge in [0.25, 0.3) is 0 Å². The van der Waals surface area contributed by atoms with Crippen LogP contribution in [0.1, 0.15) is 6.92 Å². The van der Waals surface area contributed by atoms with Crippen molar-refractivity contribution in [3.05, 3.63) is 51.3 Å². The summed E-state index contributed by atoms with van der Waals surface area (Å²) in [5.41, 5.74) is -0.824. The van der Waals surface area contributed by atoms with Crippen molar-refractivity contribution in [2.45, 2.75) is 13.5 Å². The fourth-order valence-corrected chi connectivity index (χ4v) is 2.41. The van der Waals surface area contributed by atoms with E-state index in [1.165, 1.54) is 22.4 Å². The topological polar surface area (TPSA) is 31.2 Å². The van der Waals surface area contributed by atoms with E-state index in [4.69, 9.17) is 16.3 Å². The van der Waals surface area contributed by atoms with Crippen LogP contribution in [0.25, 0.3) is 11.3 Å². The quantitative estimate of drug-likeness (QED) is 0.528. The number of pyridine rings is 1. The summed E-state index contributed by atoms with van der Waals surface area (Å²) in [6.07, 6.45) is 1.81. The number of hydrogen-bond donors (Lipinski definition) is 0. The van der Waals surface area contributed by atoms with E-state index in [1.807, 2.05) is 6.26 Å². The van der Waals surface area contributed by atoms with Gasteiger partial charge in [0.1, 0.15) is 11.7 Å². The van der Waals surface area contributed by atoms with Gasteiger partial charge in [-0.3, -0.25) is 4.79 Å². The normalized spacial score (nSPS) is 10.3. The van der Waals surface area contributed by atoms with Crippen molar-refractivity contribution in [1.82, 2.24) is 4.57 Å². The Morgan fingerprint density at radius 2 is 1.96 bits per heavy atom. The molecular weight excluding hydrogens is 421 g/mol. The molecule has 0 fully saturated rings. The molecule has 0 amide bonds. The van der Waals surface area contributed by atoms with E-state index in [-0.39, 0.29) is 67.2 Å². The maximum atomic E-state index is 14.3. The van der Waals surface area contributed by atoms with Gasteiger partial charge in [-0.2, -0.15) is 23.7 Å². The zero-order valence-corrected chi connectivity index (χ0v) is 16.9. The standard InChI is InChI=1S/C15H13ClF2NO2S.Y/c1-3-19-13(5-4-10(16)15(19)20)14-11(17)6-9(7-12(14)18)21-8-22-2;/h4,6-7H,3,8H2,1-2H3;/q-1;. The fourth-order valence-electron chi connectivity index (χ4n) is 2.00. The molecule has 2 aromatic rings. The van der Waals surface area contributed by atoms with Crippen LogP contribution in [0.15, 0.2) is 23.0 Å². The van der Waals surface area contributed by atoms with E-state index in [2.05, 4.69) is 6.07 Å². The second-order valence-corrected chi connectivity index (χ2v) is 5.57. The maximum Gasteiger partial charge on any atom is 0.212 e. The van der Waals surface area contributed by atoms with Gasteiger partial charge in [0.2, 0.25) is 5.56 Å². The van der Waals surface area contributed by atoms with E-state index in [1.54, 1.807) is 6.92 Å². The largest absolute Gasteiger partial charge is 0.483 e. The minimum Gasteiger partial charge on any atom is -0.483 e. The summed E-state index contributed by atoms with van der Waals surface area (Å²) in [7, 11) is 0. The summed E-state index contributed by atoms with van der Waals surface area (Å²) >= 11 is 7.12. The van der Waals surface area contributed by atoms with E-state index in [9.17, 15) is 13.6 Å². The number of thioether (sulfide) groups is 1. The molecule has 1 aromatic heterocycles. The van der Waals surface area contributed by atoms with Gasteiger partial charge in [-0.1, -0.05) is 5.69 Å². The third-order valence-electron chi connectivity index (χ3n) is 2.97. The molecule has 0 spiro atoms. The molecule has 1 radical (unpaired) electrons. The number of rotatable bonds is 5. The SMILES string of the molecule is CCn1c(-c2c(F)cc(OCSC)cc2F)[c-]cc(Cl)c1=O.[Y]. The molecule has 0 N–H and O–H groups in total. The van der Waals surface area contributed by atoms with Crippen LogP contribution >= 0.6 is 23.4 Å². The van der Waals surface area contributed by atoms with Crippen LogP contribution in [0, 0.1) is 17.7 Å². The van der Waals surface area contributed by atoms with Gasteiger partial charge in [-0.25, -0.2) is 8.78 Å². The molecular formula is C15H13ClF2NO2SY-. The Labute approximate surface area is 167 Å². The Kier molecular flexibility index (Phi) is 8.21. The van der Waals surface area contributed by atoms with Crippen LogP contribution < -0.4 is 10.3 Å². The van der Waals surface area contributed by atoms with Gasteiger partial charge in [-0.15, -0.1) is 11.8 Å². The average Bonchev–Trinajstić information content (AvgIpc) is 2.48. The minimum absolute atomic E-state index is 0. The molecule has 1 aromatic carbocycles. The molecule has 3 nitrogen and oxygen atoms in total. The second kappa shape index (κ2) is 9.16. The summed E-state index contributed by atoms with van der Waals surface area (Å²) in [6, 6.07) is 6.04. The van der Waals surface area contributed by atoms with Crippen molar-refractivity contribution in [2.75, 3.05) is 12.2 Å². The summed E-state index contributed by atoms with van der Waals surface area (Å²) in [4.78, 5) is 12.0. The molecule has 0 bridgehead atoms. The Morgan fingerprint density at radius 3 is 2.48 bits per heavy atom. The number of halogens is 3. The number of hydrogen-bond acceptors (Lipinski definition) is 3. The van der Waals surface area contributed by atoms with Crippen molar-refractivity contribution in [3.63, 3.8) is 0 Å². The Bertz CT molecular complexity index is 732. The van der Waals surface area contributed by atoms with Crippen molar-refractivity contribution >= 4 is 23.4 Å². The predicted molar refractivity (Wildman–Crippen MR) is 84.6 cm³/mol. The zero-order chi connectivity index (χ0) is 16.3. The van der Waals surface area contributed by atoms with Gasteiger partial charge >= 0.3 is 0 Å². The molecule has 0 aliphatic rings. The molecule has 0 saturated carbocycles. The van der Waals surface area contributed by atoms with Crippen molar-refractivity contribution in [1.29, 1.82) is 0 Å². The molecule has 0 aliphatic heterocycles. The molecule has 0 unspecified atom stereocenters. The smallest absolute Gasteiger partial charge is 0.212 e. The van der Waals surface area contributed by atoms with Crippen LogP contribution in [0.3, 0.4) is 0 Å². The fraction of sp³-hybridized carbons (Fsp3) is 0.267. The third-order valence-corrected chi connectivity index (χ3v) is 3.59. The Morgan fingerprint density at radius 1 is 1.35 bits per heavy atom. The predicted octanol–water partition coefficient (Wildman–Crippen LogP) is 3.96. The molecule has 121 valence electrons. The number of aromatic nitrogens is 1. The van der Waals surface area contributed by atoms with Crippen molar-refractivity contribution in [2.24, 2.45) is 0 Å². The molecule has 8 heteroatoms. The first kappa shape index (κ1) is 20.6. The van der Waals surface area contributed by atoms with Crippen LogP contribution in [-0.4, -0.2) is 16.8 Å². The van der Waals surface area contributed by atoms with E-state index < -0.39 is 17.2 Å². The maximum absolute atomic E-state index is 14.3. The van der Waals surface area contributed by atoms with Crippen molar-refractivity contribution in [3.8, 4) is 17.0 Å². The third kappa shape index (κ3) is 4.56. The first-order valence-electron chi connectivity index (χ1n) is 6.41. The van der Waals surface area contributed by atoms with Gasteiger partial charge < -0.3 is 9.30 Å². The summed E-state index contributed by atoms with van der Waals surface area (Å²) < 4.78 is 34.9. The molecule has 0 aliphatic carbocycles. The van der Waals surface area contributed by atoms with E-state index in [0.717, 1.165) is 12.1 Å². The summed E-state index contributed by atoms with van der Waals surface area (Å²) in [5.74, 6) is -1.27. The van der Waals surface area contributed by atoms with Gasteiger partial charge in [0, 0.05) is 56.4 Å². The Balaban J connectivity index is 0.00000264. The summed E-state index contributed by atoms with van der Waals surface area (Å²) in [5, 5.41) is -0.0497. The second-order valence-electron chi connectivity index (χ2n) is 4.35. The van der Waals surface area contributed by atoms with Gasteiger partial charge in [0.15, 0.2) is 0 Å². The molecule has 0 saturated heterocycles. The first-order chi connectivity index (χ1) is 10.5. The van der Waals surface area contributed by atoms with Gasteiger partial charge in [-0.05, 0) is 18.7 Å². The van der Waals surface area contributed by atoms with Crippen LogP contribution in [0.5, 0.6) is 5.75 Å². The van der Waals surface area contributed by atoms with Crippen LogP contribution in [0.4, 0.5) is 8.78 Å². The first-order valence-corrected chi connectivity index (χ1v) is 8.19. The zero-order valence-electron chi connectivity index (χ0n) is 12.5. The van der Waals surface area contributed by atoms with Crippen molar-refractivity contribution < 1.29 is 46.2 Å². The molecule has 2 rings (SSSR count). The van der Waals surface area contributed by atoms with Gasteiger partial charge in [0.05, 0.1) is 11.6 Å². The molecule has 1 heterocycles. The summed E-state index contributed by atoms with van der Waals surface area (Å²) in [6.45, 7) is 1.90. The average molecular weight is 434 g/mol. The van der Waals surface area contributed by atoms with Crippen LogP contribution in [-0.2, 0) is 39.3 Å². The number of benzene rings is 1. The monoisotopic (exact) mass is 433 g/mol.